The Morgan fingerprint density at radius 3 is 2.32 bits per heavy atom. The third kappa shape index (κ3) is 3.55. The van der Waals surface area contributed by atoms with Gasteiger partial charge in [0.15, 0.2) is 10.7 Å². The van der Waals surface area contributed by atoms with Crippen molar-refractivity contribution >= 4 is 33.9 Å². The molecule has 0 aliphatic heterocycles. The summed E-state index contributed by atoms with van der Waals surface area (Å²) in [6.07, 6.45) is 0. The zero-order chi connectivity index (χ0) is 16.3. The number of nitrogens with one attached hydrogen (secondary N) is 1. The Hall–Kier alpha value is -2.13. The summed E-state index contributed by atoms with van der Waals surface area (Å²) in [7, 11) is -0.0314. The maximum atomic E-state index is 11.2. The number of ether oxygens (including phenoxy) is 2. The maximum absolute atomic E-state index is 11.2. The Morgan fingerprint density at radius 2 is 1.77 bits per heavy atom. The van der Waals surface area contributed by atoms with Gasteiger partial charge in [0, 0.05) is 12.1 Å². The van der Waals surface area contributed by atoms with Crippen molar-refractivity contribution in [1.29, 1.82) is 0 Å². The summed E-state index contributed by atoms with van der Waals surface area (Å²) < 4.78 is 32.7. The van der Waals surface area contributed by atoms with E-state index in [-0.39, 0.29) is 21.9 Å². The van der Waals surface area contributed by atoms with E-state index in [4.69, 9.17) is 21.1 Å². The fourth-order valence-electron chi connectivity index (χ4n) is 1.75. The molecule has 0 atom stereocenters. The van der Waals surface area contributed by atoms with Gasteiger partial charge in [0.05, 0.1) is 19.9 Å². The van der Waals surface area contributed by atoms with Crippen LogP contribution in [0.25, 0.3) is 0 Å². The molecule has 0 saturated carbocycles. The SMILES string of the molecule is COc1cc([SH](=O)=O)c(OC)cc1Nc1nc(C)nc(Cl)n1. The largest absolute Gasteiger partial charge is 0.495 e. The third-order valence-electron chi connectivity index (χ3n) is 2.66. The summed E-state index contributed by atoms with van der Waals surface area (Å²) in [5.74, 6) is 1.12. The lowest BCUT2D eigenvalue weighted by Gasteiger charge is -2.13. The number of rotatable bonds is 5. The van der Waals surface area contributed by atoms with Gasteiger partial charge < -0.3 is 14.8 Å². The van der Waals surface area contributed by atoms with Crippen molar-refractivity contribution in [1.82, 2.24) is 15.0 Å². The molecule has 0 unspecified atom stereocenters. The first kappa shape index (κ1) is 16.2. The number of aromatic nitrogens is 3. The average Bonchev–Trinajstić information content (AvgIpc) is 2.45. The lowest BCUT2D eigenvalue weighted by Crippen LogP contribution is -2.03. The molecule has 0 radical (unpaired) electrons. The molecule has 22 heavy (non-hydrogen) atoms. The number of thiol groups is 1. The summed E-state index contributed by atoms with van der Waals surface area (Å²) in [5.41, 5.74) is 0.432. The lowest BCUT2D eigenvalue weighted by atomic mass is 10.2. The quantitative estimate of drug-likeness (QED) is 0.788. The molecule has 1 aromatic heterocycles. The van der Waals surface area contributed by atoms with E-state index in [2.05, 4.69) is 20.3 Å². The van der Waals surface area contributed by atoms with Crippen molar-refractivity contribution < 1.29 is 17.9 Å². The maximum Gasteiger partial charge on any atom is 0.231 e. The highest BCUT2D eigenvalue weighted by Crippen LogP contribution is 2.35. The number of hydrogen-bond donors (Lipinski definition) is 2. The molecule has 118 valence electrons. The molecule has 0 saturated heterocycles. The number of halogens is 1. The molecular weight excluding hydrogens is 332 g/mol. The molecule has 1 aromatic carbocycles. The van der Waals surface area contributed by atoms with Crippen molar-refractivity contribution in [3.63, 3.8) is 0 Å². The Kier molecular flexibility index (Phi) is 4.99. The average molecular weight is 345 g/mol. The summed E-state index contributed by atoms with van der Waals surface area (Å²) in [6, 6.07) is 2.83. The Morgan fingerprint density at radius 1 is 1.09 bits per heavy atom. The van der Waals surface area contributed by atoms with Crippen molar-refractivity contribution in [2.75, 3.05) is 19.5 Å². The second kappa shape index (κ2) is 6.75. The Labute approximate surface area is 133 Å². The minimum atomic E-state index is -2.82. The highest BCUT2D eigenvalue weighted by atomic mass is 35.5. The predicted molar refractivity (Wildman–Crippen MR) is 81.0 cm³/mol. The third-order valence-corrected chi connectivity index (χ3v) is 3.58. The zero-order valence-electron chi connectivity index (χ0n) is 12.0. The smallest absolute Gasteiger partial charge is 0.231 e. The van der Waals surface area contributed by atoms with Crippen LogP contribution < -0.4 is 14.8 Å². The normalized spacial score (nSPS) is 10.6. The molecule has 8 nitrogen and oxygen atoms in total. The Bertz CT molecular complexity index is 754. The van der Waals surface area contributed by atoms with Crippen LogP contribution in [-0.2, 0) is 10.7 Å². The van der Waals surface area contributed by atoms with E-state index in [1.54, 1.807) is 6.92 Å². The summed E-state index contributed by atoms with van der Waals surface area (Å²) in [6.45, 7) is 1.67. The van der Waals surface area contributed by atoms with E-state index in [0.29, 0.717) is 17.3 Å². The second-order valence-electron chi connectivity index (χ2n) is 4.08. The number of methoxy groups -OCH3 is 2. The number of aryl methyl sites for hydroxylation is 1. The van der Waals surface area contributed by atoms with E-state index < -0.39 is 10.7 Å². The zero-order valence-corrected chi connectivity index (χ0v) is 13.6. The number of nitrogens with zero attached hydrogens (tertiary/aromatic N) is 3. The molecule has 0 bridgehead atoms. The number of hydrogen-bond acceptors (Lipinski definition) is 8. The van der Waals surface area contributed by atoms with Gasteiger partial charge in [0.25, 0.3) is 0 Å². The fraction of sp³-hybridized carbons (Fsp3) is 0.250. The van der Waals surface area contributed by atoms with Crippen LogP contribution in [0.5, 0.6) is 11.5 Å². The molecule has 10 heteroatoms. The molecule has 0 spiro atoms. The van der Waals surface area contributed by atoms with Gasteiger partial charge in [-0.25, -0.2) is 13.4 Å². The molecular formula is C12H13ClN4O4S. The van der Waals surface area contributed by atoms with Gasteiger partial charge in [-0.1, -0.05) is 0 Å². The second-order valence-corrected chi connectivity index (χ2v) is 5.42. The van der Waals surface area contributed by atoms with Crippen LogP contribution in [-0.4, -0.2) is 37.6 Å². The van der Waals surface area contributed by atoms with E-state index in [1.165, 1.54) is 26.4 Å². The van der Waals surface area contributed by atoms with E-state index in [0.717, 1.165) is 0 Å². The highest BCUT2D eigenvalue weighted by Gasteiger charge is 2.14. The van der Waals surface area contributed by atoms with Crippen molar-refractivity contribution in [2.24, 2.45) is 0 Å². The Balaban J connectivity index is 2.49. The molecule has 0 fully saturated rings. The minimum Gasteiger partial charge on any atom is -0.495 e. The van der Waals surface area contributed by atoms with Gasteiger partial charge in [-0.05, 0) is 18.5 Å². The number of anilines is 2. The van der Waals surface area contributed by atoms with Gasteiger partial charge in [0.1, 0.15) is 22.2 Å². The highest BCUT2D eigenvalue weighted by molar-refractivity contribution is 7.72. The standard InChI is InChI=1S/C12H13ClN4O4S/c1-6-14-11(13)17-12(15-6)16-7-4-9(21-3)10(22(18)19)5-8(7)20-2/h4-5,22H,1-3H3,(H,14,15,16,17). The van der Waals surface area contributed by atoms with Crippen molar-refractivity contribution in [3.05, 3.63) is 23.2 Å². The minimum absolute atomic E-state index is 0.0183. The van der Waals surface area contributed by atoms with E-state index in [1.807, 2.05) is 0 Å². The topological polar surface area (TPSA) is 103 Å². The van der Waals surface area contributed by atoms with Gasteiger partial charge in [-0.3, -0.25) is 0 Å². The van der Waals surface area contributed by atoms with Crippen LogP contribution in [0.15, 0.2) is 17.0 Å². The molecule has 0 amide bonds. The molecule has 1 heterocycles. The molecule has 2 aromatic rings. The molecule has 1 N–H and O–H groups in total. The van der Waals surface area contributed by atoms with Gasteiger partial charge in [-0.2, -0.15) is 9.97 Å². The molecule has 0 aliphatic rings. The van der Waals surface area contributed by atoms with Crippen LogP contribution in [0.4, 0.5) is 11.6 Å². The van der Waals surface area contributed by atoms with Crippen LogP contribution >= 0.6 is 11.6 Å². The van der Waals surface area contributed by atoms with Crippen molar-refractivity contribution in [3.8, 4) is 11.5 Å². The first-order valence-corrected chi connectivity index (χ1v) is 7.55. The lowest BCUT2D eigenvalue weighted by molar-refractivity contribution is 0.394. The first-order valence-electron chi connectivity index (χ1n) is 6.00. The van der Waals surface area contributed by atoms with Crippen LogP contribution in [0.2, 0.25) is 5.28 Å². The van der Waals surface area contributed by atoms with Crippen LogP contribution in [0.1, 0.15) is 5.82 Å². The van der Waals surface area contributed by atoms with Crippen LogP contribution in [0.3, 0.4) is 0 Å². The first-order chi connectivity index (χ1) is 10.4. The summed E-state index contributed by atoms with van der Waals surface area (Å²) in [5, 5.41) is 2.94. The monoisotopic (exact) mass is 344 g/mol. The van der Waals surface area contributed by atoms with Gasteiger partial charge in [-0.15, -0.1) is 0 Å². The molecule has 2 rings (SSSR count). The molecule has 0 aliphatic carbocycles. The summed E-state index contributed by atoms with van der Waals surface area (Å²) >= 11 is 5.78. The predicted octanol–water partition coefficient (Wildman–Crippen LogP) is 1.56. The van der Waals surface area contributed by atoms with Gasteiger partial charge >= 0.3 is 0 Å². The van der Waals surface area contributed by atoms with E-state index in [9.17, 15) is 8.42 Å². The van der Waals surface area contributed by atoms with E-state index >= 15 is 0 Å². The summed E-state index contributed by atoms with van der Waals surface area (Å²) in [4.78, 5) is 11.9. The number of benzene rings is 1. The van der Waals surface area contributed by atoms with Crippen molar-refractivity contribution in [2.45, 2.75) is 11.8 Å². The van der Waals surface area contributed by atoms with Gasteiger partial charge in [0.2, 0.25) is 11.2 Å². The van der Waals surface area contributed by atoms with Crippen LogP contribution in [0, 0.1) is 6.92 Å². The fourth-order valence-corrected chi connectivity index (χ4v) is 2.51.